The molecule has 116 valence electrons. The van der Waals surface area contributed by atoms with Crippen LogP contribution in [0.5, 0.6) is 5.75 Å². The number of aliphatic carboxylic acids is 1. The molecule has 0 bridgehead atoms. The molecule has 1 rings (SSSR count). The standard InChI is InChI=1S/C14H17F2NO4/c1-9(5-6-12(18)19)8-17-13(20)10-3-2-4-11(7-10)21-14(15)16/h2-4,7,9,14H,5-6,8H2,1H3,(H,17,20)(H,18,19). The molecule has 7 heteroatoms. The first-order valence-corrected chi connectivity index (χ1v) is 6.43. The van der Waals surface area contributed by atoms with Crippen molar-refractivity contribution in [2.75, 3.05) is 6.54 Å². The van der Waals surface area contributed by atoms with Crippen molar-refractivity contribution in [3.63, 3.8) is 0 Å². The Balaban J connectivity index is 2.49. The van der Waals surface area contributed by atoms with Gasteiger partial charge in [0.1, 0.15) is 5.75 Å². The molecule has 0 aliphatic rings. The maximum atomic E-state index is 12.1. The van der Waals surface area contributed by atoms with Crippen molar-refractivity contribution in [2.45, 2.75) is 26.4 Å². The number of halogens is 2. The van der Waals surface area contributed by atoms with Crippen LogP contribution in [0.25, 0.3) is 0 Å². The summed E-state index contributed by atoms with van der Waals surface area (Å²) in [6.07, 6.45) is 0.485. The topological polar surface area (TPSA) is 75.6 Å². The Morgan fingerprint density at radius 2 is 2.10 bits per heavy atom. The van der Waals surface area contributed by atoms with E-state index in [-0.39, 0.29) is 23.7 Å². The Labute approximate surface area is 120 Å². The van der Waals surface area contributed by atoms with Crippen molar-refractivity contribution in [3.8, 4) is 5.75 Å². The first-order chi connectivity index (χ1) is 9.88. The minimum atomic E-state index is -2.95. The molecular weight excluding hydrogens is 284 g/mol. The number of ether oxygens (including phenoxy) is 1. The lowest BCUT2D eigenvalue weighted by Crippen LogP contribution is -2.28. The van der Waals surface area contributed by atoms with E-state index in [1.165, 1.54) is 24.3 Å². The van der Waals surface area contributed by atoms with Crippen LogP contribution in [0.2, 0.25) is 0 Å². The average Bonchev–Trinajstić information content (AvgIpc) is 2.42. The SMILES string of the molecule is CC(CCC(=O)O)CNC(=O)c1cccc(OC(F)F)c1. The average molecular weight is 301 g/mol. The molecule has 0 fully saturated rings. The van der Waals surface area contributed by atoms with Crippen LogP contribution in [0.15, 0.2) is 24.3 Å². The van der Waals surface area contributed by atoms with Gasteiger partial charge in [-0.05, 0) is 30.5 Å². The highest BCUT2D eigenvalue weighted by Gasteiger charge is 2.11. The molecule has 2 N–H and O–H groups in total. The fourth-order valence-electron chi connectivity index (χ4n) is 1.65. The molecule has 1 amide bonds. The van der Waals surface area contributed by atoms with Gasteiger partial charge in [-0.25, -0.2) is 0 Å². The molecule has 21 heavy (non-hydrogen) atoms. The van der Waals surface area contributed by atoms with E-state index in [1.807, 2.05) is 6.92 Å². The fraction of sp³-hybridized carbons (Fsp3) is 0.429. The van der Waals surface area contributed by atoms with Gasteiger partial charge in [0, 0.05) is 18.5 Å². The molecule has 0 spiro atoms. The van der Waals surface area contributed by atoms with Crippen LogP contribution in [0, 0.1) is 5.92 Å². The molecule has 5 nitrogen and oxygen atoms in total. The number of benzene rings is 1. The molecule has 1 aromatic carbocycles. The van der Waals surface area contributed by atoms with Crippen LogP contribution in [0.4, 0.5) is 8.78 Å². The first kappa shape index (κ1) is 16.9. The zero-order valence-corrected chi connectivity index (χ0v) is 11.5. The van der Waals surface area contributed by atoms with Gasteiger partial charge >= 0.3 is 12.6 Å². The Morgan fingerprint density at radius 3 is 2.71 bits per heavy atom. The number of carboxylic acids is 1. The second-order valence-electron chi connectivity index (χ2n) is 4.65. The molecule has 0 radical (unpaired) electrons. The maximum absolute atomic E-state index is 12.1. The quantitative estimate of drug-likeness (QED) is 0.773. The van der Waals surface area contributed by atoms with Crippen LogP contribution >= 0.6 is 0 Å². The number of rotatable bonds is 8. The summed E-state index contributed by atoms with van der Waals surface area (Å²) < 4.78 is 28.4. The van der Waals surface area contributed by atoms with Crippen molar-refractivity contribution < 1.29 is 28.2 Å². The normalized spacial score (nSPS) is 12.0. The van der Waals surface area contributed by atoms with E-state index in [1.54, 1.807) is 0 Å². The maximum Gasteiger partial charge on any atom is 0.387 e. The van der Waals surface area contributed by atoms with Crippen LogP contribution in [0.1, 0.15) is 30.1 Å². The molecule has 0 saturated carbocycles. The predicted molar refractivity (Wildman–Crippen MR) is 71.4 cm³/mol. The van der Waals surface area contributed by atoms with Gasteiger partial charge in [-0.1, -0.05) is 13.0 Å². The summed E-state index contributed by atoms with van der Waals surface area (Å²) in [5.41, 5.74) is 0.207. The second kappa shape index (κ2) is 8.18. The summed E-state index contributed by atoms with van der Waals surface area (Å²) in [6.45, 7) is -0.814. The van der Waals surface area contributed by atoms with E-state index >= 15 is 0 Å². The van der Waals surface area contributed by atoms with Crippen molar-refractivity contribution >= 4 is 11.9 Å². The third kappa shape index (κ3) is 6.69. The molecule has 0 heterocycles. The highest BCUT2D eigenvalue weighted by atomic mass is 19.3. The van der Waals surface area contributed by atoms with Gasteiger partial charge < -0.3 is 15.2 Å². The second-order valence-corrected chi connectivity index (χ2v) is 4.65. The van der Waals surface area contributed by atoms with E-state index in [4.69, 9.17) is 5.11 Å². The van der Waals surface area contributed by atoms with Crippen molar-refractivity contribution in [1.82, 2.24) is 5.32 Å². The van der Waals surface area contributed by atoms with Gasteiger partial charge in [0.2, 0.25) is 0 Å². The minimum absolute atomic E-state index is 0.00514. The highest BCUT2D eigenvalue weighted by Crippen LogP contribution is 2.16. The van der Waals surface area contributed by atoms with E-state index in [9.17, 15) is 18.4 Å². The van der Waals surface area contributed by atoms with Gasteiger partial charge in [-0.15, -0.1) is 0 Å². The number of carbonyl (C=O) groups excluding carboxylic acids is 1. The van der Waals surface area contributed by atoms with E-state index in [0.717, 1.165) is 0 Å². The minimum Gasteiger partial charge on any atom is -0.481 e. The van der Waals surface area contributed by atoms with Crippen LogP contribution in [-0.2, 0) is 4.79 Å². The van der Waals surface area contributed by atoms with E-state index < -0.39 is 18.5 Å². The van der Waals surface area contributed by atoms with Gasteiger partial charge in [0.15, 0.2) is 0 Å². The van der Waals surface area contributed by atoms with Gasteiger partial charge in [-0.2, -0.15) is 8.78 Å². The summed E-state index contributed by atoms with van der Waals surface area (Å²) in [7, 11) is 0. The van der Waals surface area contributed by atoms with E-state index in [0.29, 0.717) is 13.0 Å². The fourth-order valence-corrected chi connectivity index (χ4v) is 1.65. The molecule has 0 aliphatic heterocycles. The lowest BCUT2D eigenvalue weighted by atomic mass is 10.1. The zero-order valence-electron chi connectivity index (χ0n) is 11.5. The first-order valence-electron chi connectivity index (χ1n) is 6.43. The Morgan fingerprint density at radius 1 is 1.38 bits per heavy atom. The third-order valence-corrected chi connectivity index (χ3v) is 2.78. The van der Waals surface area contributed by atoms with E-state index in [2.05, 4.69) is 10.1 Å². The molecule has 0 aromatic heterocycles. The number of hydrogen-bond donors (Lipinski definition) is 2. The van der Waals surface area contributed by atoms with Gasteiger partial charge in [0.05, 0.1) is 0 Å². The van der Waals surface area contributed by atoms with Crippen LogP contribution in [-0.4, -0.2) is 30.1 Å². The largest absolute Gasteiger partial charge is 0.481 e. The number of alkyl halides is 2. The van der Waals surface area contributed by atoms with Crippen molar-refractivity contribution in [2.24, 2.45) is 5.92 Å². The Hall–Kier alpha value is -2.18. The summed E-state index contributed by atoms with van der Waals surface area (Å²) in [4.78, 5) is 22.3. The number of nitrogens with one attached hydrogen (secondary N) is 1. The third-order valence-electron chi connectivity index (χ3n) is 2.78. The summed E-state index contributed by atoms with van der Waals surface area (Å²) in [5, 5.41) is 11.2. The molecule has 0 aliphatic carbocycles. The van der Waals surface area contributed by atoms with Gasteiger partial charge in [-0.3, -0.25) is 9.59 Å². The van der Waals surface area contributed by atoms with Crippen molar-refractivity contribution in [1.29, 1.82) is 0 Å². The molecule has 0 saturated heterocycles. The number of hydrogen-bond acceptors (Lipinski definition) is 3. The van der Waals surface area contributed by atoms with Crippen molar-refractivity contribution in [3.05, 3.63) is 29.8 Å². The smallest absolute Gasteiger partial charge is 0.387 e. The van der Waals surface area contributed by atoms with Crippen LogP contribution in [0.3, 0.4) is 0 Å². The molecule has 1 aromatic rings. The number of carboxylic acid groups (broad SMARTS) is 1. The molecular formula is C14H17F2NO4. The number of carbonyl (C=O) groups is 2. The Kier molecular flexibility index (Phi) is 6.58. The molecule has 1 atom stereocenters. The summed E-state index contributed by atoms with van der Waals surface area (Å²) in [6, 6.07) is 5.48. The number of amides is 1. The highest BCUT2D eigenvalue weighted by molar-refractivity contribution is 5.94. The lowest BCUT2D eigenvalue weighted by Gasteiger charge is -2.12. The van der Waals surface area contributed by atoms with Gasteiger partial charge in [0.25, 0.3) is 5.91 Å². The zero-order chi connectivity index (χ0) is 15.8. The monoisotopic (exact) mass is 301 g/mol. The molecule has 1 unspecified atom stereocenters. The predicted octanol–water partition coefficient (Wildman–Crippen LogP) is 2.52. The Bertz CT molecular complexity index is 494. The van der Waals surface area contributed by atoms with Crippen LogP contribution < -0.4 is 10.1 Å². The summed E-state index contributed by atoms with van der Waals surface area (Å²) in [5.74, 6) is -1.39. The lowest BCUT2D eigenvalue weighted by molar-refractivity contribution is -0.137. The summed E-state index contributed by atoms with van der Waals surface area (Å²) >= 11 is 0.